The molecule has 0 bridgehead atoms. The first kappa shape index (κ1) is 27.1. The van der Waals surface area contributed by atoms with Crippen LogP contribution in [0.3, 0.4) is 0 Å². The zero-order valence-electron chi connectivity index (χ0n) is 21.1. The first-order valence-electron chi connectivity index (χ1n) is 12.2. The van der Waals surface area contributed by atoms with Crippen molar-refractivity contribution in [1.29, 1.82) is 0 Å². The average molecular weight is 489 g/mol. The van der Waals surface area contributed by atoms with Gasteiger partial charge in [-0.15, -0.1) is 0 Å². The van der Waals surface area contributed by atoms with Gasteiger partial charge in [-0.1, -0.05) is 12.1 Å². The average Bonchev–Trinajstić information content (AvgIpc) is 2.86. The lowest BCUT2D eigenvalue weighted by Crippen LogP contribution is -2.40. The van der Waals surface area contributed by atoms with Gasteiger partial charge in [0.05, 0.1) is 6.61 Å². The lowest BCUT2D eigenvalue weighted by Gasteiger charge is -2.31. The van der Waals surface area contributed by atoms with Gasteiger partial charge in [-0.3, -0.25) is 10.1 Å². The number of carbonyl (C=O) groups excluding carboxylic acids is 1. The Morgan fingerprint density at radius 1 is 1.17 bits per heavy atom. The SMILES string of the molecule is COCCCOc1cc(C(O)NC(C)C)ccc1-c1cc(C(=O)N(C)C2CCOCC2)ccc1F. The highest BCUT2D eigenvalue weighted by molar-refractivity contribution is 5.95. The van der Waals surface area contributed by atoms with Crippen LogP contribution in [-0.2, 0) is 9.47 Å². The number of methoxy groups -OCH3 is 1. The smallest absolute Gasteiger partial charge is 0.253 e. The van der Waals surface area contributed by atoms with Crippen molar-refractivity contribution < 1.29 is 28.5 Å². The van der Waals surface area contributed by atoms with Crippen LogP contribution in [0.1, 0.15) is 55.3 Å². The minimum atomic E-state index is -0.892. The molecular weight excluding hydrogens is 451 g/mol. The van der Waals surface area contributed by atoms with E-state index >= 15 is 4.39 Å². The molecule has 8 heteroatoms. The van der Waals surface area contributed by atoms with Gasteiger partial charge in [0.2, 0.25) is 0 Å². The number of nitrogens with one attached hydrogen (secondary N) is 1. The van der Waals surface area contributed by atoms with Crippen LogP contribution in [0.15, 0.2) is 36.4 Å². The number of aliphatic hydroxyl groups is 1. The van der Waals surface area contributed by atoms with Crippen LogP contribution in [0.5, 0.6) is 5.75 Å². The predicted octanol–water partition coefficient (Wildman–Crippen LogP) is 4.15. The molecule has 1 aliphatic heterocycles. The zero-order chi connectivity index (χ0) is 25.4. The number of hydrogen-bond donors (Lipinski definition) is 2. The molecular formula is C27H37FN2O5. The molecule has 1 saturated heterocycles. The summed E-state index contributed by atoms with van der Waals surface area (Å²) in [5, 5.41) is 13.6. The third-order valence-corrected chi connectivity index (χ3v) is 6.13. The highest BCUT2D eigenvalue weighted by Gasteiger charge is 2.25. The van der Waals surface area contributed by atoms with Gasteiger partial charge in [0.1, 0.15) is 17.8 Å². The van der Waals surface area contributed by atoms with Gasteiger partial charge >= 0.3 is 0 Å². The number of ether oxygens (including phenoxy) is 3. The van der Waals surface area contributed by atoms with Crippen LogP contribution in [0.4, 0.5) is 4.39 Å². The van der Waals surface area contributed by atoms with E-state index in [0.717, 1.165) is 12.8 Å². The first-order chi connectivity index (χ1) is 16.8. The van der Waals surface area contributed by atoms with E-state index in [-0.39, 0.29) is 23.6 Å². The maximum absolute atomic E-state index is 15.0. The van der Waals surface area contributed by atoms with E-state index in [1.165, 1.54) is 12.1 Å². The summed E-state index contributed by atoms with van der Waals surface area (Å²) in [7, 11) is 3.40. The van der Waals surface area contributed by atoms with E-state index in [2.05, 4.69) is 5.32 Å². The highest BCUT2D eigenvalue weighted by atomic mass is 19.1. The molecule has 192 valence electrons. The lowest BCUT2D eigenvalue weighted by molar-refractivity contribution is 0.0362. The fourth-order valence-electron chi connectivity index (χ4n) is 4.15. The van der Waals surface area contributed by atoms with Crippen LogP contribution in [0.2, 0.25) is 0 Å². The summed E-state index contributed by atoms with van der Waals surface area (Å²) in [6.07, 6.45) is 1.33. The molecule has 0 saturated carbocycles. The zero-order valence-corrected chi connectivity index (χ0v) is 21.1. The second-order valence-electron chi connectivity index (χ2n) is 9.13. The van der Waals surface area contributed by atoms with Gasteiger partial charge in [0, 0.05) is 69.2 Å². The Morgan fingerprint density at radius 3 is 2.60 bits per heavy atom. The highest BCUT2D eigenvalue weighted by Crippen LogP contribution is 2.35. The Labute approximate surface area is 207 Å². The summed E-state index contributed by atoms with van der Waals surface area (Å²) in [5.74, 6) is -0.177. The minimum Gasteiger partial charge on any atom is -0.493 e. The molecule has 1 atom stereocenters. The van der Waals surface area contributed by atoms with Gasteiger partial charge in [-0.05, 0) is 56.5 Å². The number of rotatable bonds is 11. The van der Waals surface area contributed by atoms with Gasteiger partial charge in [0.25, 0.3) is 5.91 Å². The molecule has 1 fully saturated rings. The van der Waals surface area contributed by atoms with Crippen LogP contribution in [-0.4, -0.2) is 68.6 Å². The summed E-state index contributed by atoms with van der Waals surface area (Å²) >= 11 is 0. The van der Waals surface area contributed by atoms with Crippen molar-refractivity contribution in [2.75, 3.05) is 40.6 Å². The second kappa shape index (κ2) is 13.0. The molecule has 7 nitrogen and oxygen atoms in total. The number of halogens is 1. The molecule has 1 amide bonds. The summed E-state index contributed by atoms with van der Waals surface area (Å²) in [5.41, 5.74) is 1.81. The molecule has 35 heavy (non-hydrogen) atoms. The third-order valence-electron chi connectivity index (χ3n) is 6.13. The molecule has 2 N–H and O–H groups in total. The molecule has 1 unspecified atom stereocenters. The van der Waals surface area contributed by atoms with Gasteiger partial charge < -0.3 is 24.2 Å². The second-order valence-corrected chi connectivity index (χ2v) is 9.13. The number of aliphatic hydroxyl groups excluding tert-OH is 1. The topological polar surface area (TPSA) is 80.3 Å². The monoisotopic (exact) mass is 488 g/mol. The van der Waals surface area contributed by atoms with Crippen LogP contribution >= 0.6 is 0 Å². The molecule has 0 radical (unpaired) electrons. The standard InChI is InChI=1S/C27H37FN2O5/c1-18(2)29-26(31)19-6-8-22(25(17-19)35-13-5-12-33-4)23-16-20(7-9-24(23)28)27(32)30(3)21-10-14-34-15-11-21/h6-9,16-18,21,26,29,31H,5,10-15H2,1-4H3. The van der Waals surface area contributed by atoms with E-state index in [0.29, 0.717) is 55.3 Å². The first-order valence-corrected chi connectivity index (χ1v) is 12.2. The van der Waals surface area contributed by atoms with Crippen molar-refractivity contribution in [2.24, 2.45) is 0 Å². The van der Waals surface area contributed by atoms with Gasteiger partial charge in [-0.25, -0.2) is 4.39 Å². The summed E-state index contributed by atoms with van der Waals surface area (Å²) in [6.45, 7) is 6.04. The minimum absolute atomic E-state index is 0.0728. The Kier molecular flexibility index (Phi) is 10.0. The Balaban J connectivity index is 1.93. The fourth-order valence-corrected chi connectivity index (χ4v) is 4.15. The van der Waals surface area contributed by atoms with Crippen molar-refractivity contribution in [3.63, 3.8) is 0 Å². The third kappa shape index (κ3) is 7.24. The van der Waals surface area contributed by atoms with E-state index in [1.807, 2.05) is 13.8 Å². The van der Waals surface area contributed by atoms with Gasteiger partial charge in [0.15, 0.2) is 0 Å². The maximum atomic E-state index is 15.0. The molecule has 2 aromatic rings. The van der Waals surface area contributed by atoms with Crippen LogP contribution < -0.4 is 10.1 Å². The lowest BCUT2D eigenvalue weighted by atomic mass is 9.98. The number of hydrogen-bond acceptors (Lipinski definition) is 6. The Hall–Kier alpha value is -2.52. The van der Waals surface area contributed by atoms with E-state index in [4.69, 9.17) is 14.2 Å². The molecule has 1 aliphatic rings. The van der Waals surface area contributed by atoms with Crippen molar-refractivity contribution in [2.45, 2.75) is 51.4 Å². The van der Waals surface area contributed by atoms with E-state index in [9.17, 15) is 9.90 Å². The summed E-state index contributed by atoms with van der Waals surface area (Å²) < 4.78 is 31.5. The summed E-state index contributed by atoms with van der Waals surface area (Å²) in [4.78, 5) is 14.9. The molecule has 1 heterocycles. The van der Waals surface area contributed by atoms with E-state index in [1.54, 1.807) is 43.3 Å². The van der Waals surface area contributed by atoms with E-state index < -0.39 is 12.0 Å². The number of nitrogens with zero attached hydrogens (tertiary/aromatic N) is 1. The van der Waals surface area contributed by atoms with Crippen LogP contribution in [0, 0.1) is 5.82 Å². The Bertz CT molecular complexity index is 978. The maximum Gasteiger partial charge on any atom is 0.253 e. The molecule has 0 spiro atoms. The van der Waals surface area contributed by atoms with Crippen molar-refractivity contribution in [3.05, 3.63) is 53.3 Å². The number of amides is 1. The number of benzene rings is 2. The van der Waals surface area contributed by atoms with Crippen molar-refractivity contribution in [1.82, 2.24) is 10.2 Å². The van der Waals surface area contributed by atoms with Crippen LogP contribution in [0.25, 0.3) is 11.1 Å². The molecule has 2 aromatic carbocycles. The summed E-state index contributed by atoms with van der Waals surface area (Å²) in [6, 6.07) is 9.75. The molecule has 0 aliphatic carbocycles. The quantitative estimate of drug-likeness (QED) is 0.365. The fraction of sp³-hybridized carbons (Fsp3) is 0.519. The molecule has 3 rings (SSSR count). The molecule has 0 aromatic heterocycles. The van der Waals surface area contributed by atoms with Gasteiger partial charge in [-0.2, -0.15) is 0 Å². The Morgan fingerprint density at radius 2 is 1.91 bits per heavy atom. The predicted molar refractivity (Wildman–Crippen MR) is 133 cm³/mol. The number of carbonyl (C=O) groups is 1. The van der Waals surface area contributed by atoms with Crippen molar-refractivity contribution in [3.8, 4) is 16.9 Å². The largest absolute Gasteiger partial charge is 0.493 e. The van der Waals surface area contributed by atoms with Crippen molar-refractivity contribution >= 4 is 5.91 Å². The normalized spacial score (nSPS) is 15.3.